The van der Waals surface area contributed by atoms with Crippen LogP contribution >= 0.6 is 0 Å². The third kappa shape index (κ3) is 3.84. The fourth-order valence-electron chi connectivity index (χ4n) is 2.01. The van der Waals surface area contributed by atoms with Gasteiger partial charge >= 0.3 is 0 Å². The maximum atomic E-state index is 11.4. The van der Waals surface area contributed by atoms with Crippen molar-refractivity contribution < 1.29 is 4.79 Å². The Morgan fingerprint density at radius 2 is 1.78 bits per heavy atom. The SMILES string of the molecule is CCc1ccc(C(C)NC(C(N)=O)C(C)C)cc1. The molecule has 1 amide bonds. The van der Waals surface area contributed by atoms with Crippen LogP contribution in [0.5, 0.6) is 0 Å². The van der Waals surface area contributed by atoms with Crippen molar-refractivity contribution >= 4 is 5.91 Å². The smallest absolute Gasteiger partial charge is 0.234 e. The maximum absolute atomic E-state index is 11.4. The molecule has 0 fully saturated rings. The quantitative estimate of drug-likeness (QED) is 0.812. The molecule has 3 N–H and O–H groups in total. The summed E-state index contributed by atoms with van der Waals surface area (Å²) in [5.41, 5.74) is 7.91. The lowest BCUT2D eigenvalue weighted by Gasteiger charge is -2.24. The molecule has 0 saturated carbocycles. The average molecular weight is 248 g/mol. The first kappa shape index (κ1) is 14.7. The van der Waals surface area contributed by atoms with Crippen LogP contribution in [0.25, 0.3) is 0 Å². The number of rotatable bonds is 6. The van der Waals surface area contributed by atoms with Gasteiger partial charge in [0.05, 0.1) is 6.04 Å². The number of nitrogens with two attached hydrogens (primary N) is 1. The van der Waals surface area contributed by atoms with Crippen molar-refractivity contribution in [2.45, 2.75) is 46.2 Å². The molecule has 1 rings (SSSR count). The molecule has 1 aromatic carbocycles. The molecule has 0 aliphatic rings. The summed E-state index contributed by atoms with van der Waals surface area (Å²) in [5.74, 6) is -0.0955. The van der Waals surface area contributed by atoms with Gasteiger partial charge in [0.2, 0.25) is 5.91 Å². The molecule has 2 atom stereocenters. The second kappa shape index (κ2) is 6.55. The van der Waals surface area contributed by atoms with Crippen LogP contribution in [0.2, 0.25) is 0 Å². The monoisotopic (exact) mass is 248 g/mol. The molecule has 0 bridgehead atoms. The number of benzene rings is 1. The van der Waals surface area contributed by atoms with E-state index in [0.29, 0.717) is 0 Å². The van der Waals surface area contributed by atoms with E-state index in [2.05, 4.69) is 43.4 Å². The van der Waals surface area contributed by atoms with E-state index in [9.17, 15) is 4.79 Å². The third-order valence-electron chi connectivity index (χ3n) is 3.29. The summed E-state index contributed by atoms with van der Waals surface area (Å²) < 4.78 is 0. The molecule has 0 spiro atoms. The Kier molecular flexibility index (Phi) is 5.35. The Morgan fingerprint density at radius 1 is 1.22 bits per heavy atom. The van der Waals surface area contributed by atoms with Crippen LogP contribution in [0, 0.1) is 5.92 Å². The fraction of sp³-hybridized carbons (Fsp3) is 0.533. The van der Waals surface area contributed by atoms with E-state index in [1.807, 2.05) is 13.8 Å². The zero-order valence-electron chi connectivity index (χ0n) is 11.7. The Hall–Kier alpha value is -1.35. The van der Waals surface area contributed by atoms with Crippen molar-refractivity contribution in [1.82, 2.24) is 5.32 Å². The molecule has 2 unspecified atom stereocenters. The van der Waals surface area contributed by atoms with Gasteiger partial charge in [-0.1, -0.05) is 45.0 Å². The molecule has 3 heteroatoms. The second-order valence-corrected chi connectivity index (χ2v) is 5.11. The summed E-state index contributed by atoms with van der Waals surface area (Å²) in [6.07, 6.45) is 1.04. The van der Waals surface area contributed by atoms with E-state index >= 15 is 0 Å². The van der Waals surface area contributed by atoms with Gasteiger partial charge in [0.25, 0.3) is 0 Å². The zero-order chi connectivity index (χ0) is 13.7. The van der Waals surface area contributed by atoms with Gasteiger partial charge in [-0.3, -0.25) is 10.1 Å². The summed E-state index contributed by atoms with van der Waals surface area (Å²) in [6.45, 7) is 8.18. The Morgan fingerprint density at radius 3 is 2.17 bits per heavy atom. The number of aryl methyl sites for hydroxylation is 1. The summed E-state index contributed by atoms with van der Waals surface area (Å²) in [6, 6.07) is 8.30. The van der Waals surface area contributed by atoms with Gasteiger partial charge in [0.15, 0.2) is 0 Å². The van der Waals surface area contributed by atoms with E-state index in [1.165, 1.54) is 11.1 Å². The van der Waals surface area contributed by atoms with E-state index in [-0.39, 0.29) is 23.9 Å². The predicted molar refractivity (Wildman–Crippen MR) is 75.2 cm³/mol. The van der Waals surface area contributed by atoms with Gasteiger partial charge < -0.3 is 5.73 Å². The van der Waals surface area contributed by atoms with E-state index in [1.54, 1.807) is 0 Å². The topological polar surface area (TPSA) is 55.1 Å². The zero-order valence-corrected chi connectivity index (χ0v) is 11.7. The Balaban J connectivity index is 2.73. The predicted octanol–water partition coefficient (Wildman–Crippen LogP) is 2.41. The van der Waals surface area contributed by atoms with Crippen molar-refractivity contribution in [2.75, 3.05) is 0 Å². The van der Waals surface area contributed by atoms with Crippen molar-refractivity contribution in [3.63, 3.8) is 0 Å². The standard InChI is InChI=1S/C15H24N2O/c1-5-12-6-8-13(9-7-12)11(4)17-14(10(2)3)15(16)18/h6-11,14,17H,5H2,1-4H3,(H2,16,18). The van der Waals surface area contributed by atoms with Crippen molar-refractivity contribution in [3.8, 4) is 0 Å². The third-order valence-corrected chi connectivity index (χ3v) is 3.29. The molecule has 0 heterocycles. The Labute approximate surface area is 110 Å². The highest BCUT2D eigenvalue weighted by Crippen LogP contribution is 2.16. The molecule has 0 aliphatic heterocycles. The fourth-order valence-corrected chi connectivity index (χ4v) is 2.01. The minimum atomic E-state index is -0.290. The van der Waals surface area contributed by atoms with Crippen LogP contribution in [-0.2, 0) is 11.2 Å². The largest absolute Gasteiger partial charge is 0.368 e. The molecular formula is C15H24N2O. The lowest BCUT2D eigenvalue weighted by molar-refractivity contribution is -0.121. The number of carbonyl (C=O) groups is 1. The molecule has 0 saturated heterocycles. The molecule has 100 valence electrons. The van der Waals surface area contributed by atoms with Crippen LogP contribution in [0.3, 0.4) is 0 Å². The molecular weight excluding hydrogens is 224 g/mol. The number of amides is 1. The van der Waals surface area contributed by atoms with Gasteiger partial charge in [-0.15, -0.1) is 0 Å². The minimum absolute atomic E-state index is 0.121. The molecule has 0 aromatic heterocycles. The van der Waals surface area contributed by atoms with E-state index in [4.69, 9.17) is 5.73 Å². The van der Waals surface area contributed by atoms with Crippen LogP contribution in [-0.4, -0.2) is 11.9 Å². The summed E-state index contributed by atoms with van der Waals surface area (Å²) in [5, 5.41) is 3.30. The number of primary amides is 1. The average Bonchev–Trinajstić information content (AvgIpc) is 2.35. The Bertz CT molecular complexity index is 384. The van der Waals surface area contributed by atoms with Gasteiger partial charge in [-0.05, 0) is 30.4 Å². The first-order valence-corrected chi connectivity index (χ1v) is 6.59. The van der Waals surface area contributed by atoms with E-state index < -0.39 is 0 Å². The van der Waals surface area contributed by atoms with Crippen LogP contribution in [0.1, 0.15) is 44.9 Å². The summed E-state index contributed by atoms with van der Waals surface area (Å²) in [4.78, 5) is 11.4. The van der Waals surface area contributed by atoms with Crippen LogP contribution < -0.4 is 11.1 Å². The summed E-state index contributed by atoms with van der Waals surface area (Å²) in [7, 11) is 0. The van der Waals surface area contributed by atoms with Crippen LogP contribution in [0.15, 0.2) is 24.3 Å². The second-order valence-electron chi connectivity index (χ2n) is 5.11. The molecule has 18 heavy (non-hydrogen) atoms. The lowest BCUT2D eigenvalue weighted by atomic mass is 10.00. The van der Waals surface area contributed by atoms with Gasteiger partial charge in [0.1, 0.15) is 0 Å². The molecule has 0 aliphatic carbocycles. The van der Waals surface area contributed by atoms with Crippen molar-refractivity contribution in [2.24, 2.45) is 11.7 Å². The molecule has 1 aromatic rings. The van der Waals surface area contributed by atoms with Gasteiger partial charge in [0, 0.05) is 6.04 Å². The highest BCUT2D eigenvalue weighted by Gasteiger charge is 2.21. The summed E-state index contributed by atoms with van der Waals surface area (Å²) >= 11 is 0. The highest BCUT2D eigenvalue weighted by atomic mass is 16.1. The molecule has 3 nitrogen and oxygen atoms in total. The minimum Gasteiger partial charge on any atom is -0.368 e. The van der Waals surface area contributed by atoms with Gasteiger partial charge in [-0.2, -0.15) is 0 Å². The first-order chi connectivity index (χ1) is 8.45. The van der Waals surface area contributed by atoms with Crippen LogP contribution in [0.4, 0.5) is 0 Å². The highest BCUT2D eigenvalue weighted by molar-refractivity contribution is 5.80. The van der Waals surface area contributed by atoms with E-state index in [0.717, 1.165) is 6.42 Å². The van der Waals surface area contributed by atoms with Crippen molar-refractivity contribution in [1.29, 1.82) is 0 Å². The number of hydrogen-bond donors (Lipinski definition) is 2. The molecule has 0 radical (unpaired) electrons. The number of hydrogen-bond acceptors (Lipinski definition) is 2. The first-order valence-electron chi connectivity index (χ1n) is 6.59. The van der Waals surface area contributed by atoms with Gasteiger partial charge in [-0.25, -0.2) is 0 Å². The number of nitrogens with one attached hydrogen (secondary N) is 1. The maximum Gasteiger partial charge on any atom is 0.234 e. The van der Waals surface area contributed by atoms with Crippen molar-refractivity contribution in [3.05, 3.63) is 35.4 Å². The lowest BCUT2D eigenvalue weighted by Crippen LogP contribution is -2.45. The number of carbonyl (C=O) groups excluding carboxylic acids is 1. The normalized spacial score (nSPS) is 14.5.